The number of hydrogen-bond donors (Lipinski definition) is 2. The number of hydrogen-bond acceptors (Lipinski definition) is 3. The zero-order valence-electron chi connectivity index (χ0n) is 9.50. The molecule has 0 aliphatic rings. The van der Waals surface area contributed by atoms with Gasteiger partial charge in [0.15, 0.2) is 0 Å². The van der Waals surface area contributed by atoms with Crippen molar-refractivity contribution in [2.75, 3.05) is 13.2 Å². The Morgan fingerprint density at radius 3 is 2.88 bits per heavy atom. The maximum absolute atomic E-state index is 8.52. The second-order valence-electron chi connectivity index (χ2n) is 3.57. The van der Waals surface area contributed by atoms with Gasteiger partial charge in [-0.2, -0.15) is 5.48 Å². The first-order chi connectivity index (χ1) is 7.77. The van der Waals surface area contributed by atoms with Gasteiger partial charge >= 0.3 is 0 Å². The van der Waals surface area contributed by atoms with Crippen LogP contribution in [0.5, 0.6) is 0 Å². The zero-order valence-corrected chi connectivity index (χ0v) is 10.3. The van der Waals surface area contributed by atoms with Crippen LogP contribution in [0.15, 0.2) is 18.2 Å². The van der Waals surface area contributed by atoms with E-state index in [1.54, 1.807) is 0 Å². The third-order valence-electron chi connectivity index (χ3n) is 2.21. The average molecular weight is 244 g/mol. The Morgan fingerprint density at radius 2 is 2.25 bits per heavy atom. The lowest BCUT2D eigenvalue weighted by Gasteiger charge is -2.08. The molecule has 0 bridgehead atoms. The van der Waals surface area contributed by atoms with E-state index in [2.05, 4.69) is 18.5 Å². The molecule has 0 spiro atoms. The molecule has 0 aliphatic heterocycles. The van der Waals surface area contributed by atoms with Crippen molar-refractivity contribution in [2.45, 2.75) is 26.3 Å². The van der Waals surface area contributed by atoms with E-state index in [1.807, 2.05) is 12.1 Å². The van der Waals surface area contributed by atoms with E-state index in [0.717, 1.165) is 23.4 Å². The molecule has 16 heavy (non-hydrogen) atoms. The van der Waals surface area contributed by atoms with Gasteiger partial charge in [-0.25, -0.2) is 0 Å². The van der Waals surface area contributed by atoms with E-state index in [1.165, 1.54) is 5.56 Å². The molecule has 0 saturated carbocycles. The lowest BCUT2D eigenvalue weighted by molar-refractivity contribution is 0.0138. The molecule has 4 heteroatoms. The summed E-state index contributed by atoms with van der Waals surface area (Å²) in [4.78, 5) is 4.96. The van der Waals surface area contributed by atoms with Gasteiger partial charge in [-0.1, -0.05) is 37.1 Å². The number of aryl methyl sites for hydroxylation is 1. The van der Waals surface area contributed by atoms with Crippen molar-refractivity contribution < 1.29 is 9.94 Å². The summed E-state index contributed by atoms with van der Waals surface area (Å²) in [5.74, 6) is 0. The third kappa shape index (κ3) is 4.49. The van der Waals surface area contributed by atoms with E-state index in [-0.39, 0.29) is 13.2 Å². The first-order valence-electron chi connectivity index (χ1n) is 5.50. The van der Waals surface area contributed by atoms with Crippen LogP contribution < -0.4 is 5.48 Å². The van der Waals surface area contributed by atoms with Gasteiger partial charge in [-0.15, -0.1) is 0 Å². The highest BCUT2D eigenvalue weighted by atomic mass is 35.5. The summed E-state index contributed by atoms with van der Waals surface area (Å²) in [5, 5.41) is 9.28. The van der Waals surface area contributed by atoms with Crippen LogP contribution >= 0.6 is 11.6 Å². The maximum atomic E-state index is 8.52. The molecule has 0 aliphatic carbocycles. The van der Waals surface area contributed by atoms with Crippen LogP contribution in [0, 0.1) is 0 Å². The summed E-state index contributed by atoms with van der Waals surface area (Å²) in [7, 11) is 0. The fraction of sp³-hybridized carbons (Fsp3) is 0.500. The largest absolute Gasteiger partial charge is 0.394 e. The Hall–Kier alpha value is -0.610. The summed E-state index contributed by atoms with van der Waals surface area (Å²) in [6.07, 6.45) is 2.17. The van der Waals surface area contributed by atoms with Crippen molar-refractivity contribution >= 4 is 11.6 Å². The van der Waals surface area contributed by atoms with E-state index in [4.69, 9.17) is 21.5 Å². The van der Waals surface area contributed by atoms with Gasteiger partial charge in [0, 0.05) is 11.6 Å². The molecule has 0 fully saturated rings. The van der Waals surface area contributed by atoms with Crippen LogP contribution in [0.4, 0.5) is 0 Å². The number of aliphatic hydroxyl groups excluding tert-OH is 1. The lowest BCUT2D eigenvalue weighted by Crippen LogP contribution is -2.16. The summed E-state index contributed by atoms with van der Waals surface area (Å²) in [6, 6.07) is 6.08. The second-order valence-corrected chi connectivity index (χ2v) is 3.98. The number of nitrogens with one attached hydrogen (secondary N) is 1. The molecule has 0 atom stereocenters. The van der Waals surface area contributed by atoms with E-state index in [0.29, 0.717) is 6.54 Å². The van der Waals surface area contributed by atoms with Gasteiger partial charge in [0.05, 0.1) is 13.2 Å². The molecule has 1 aromatic rings. The van der Waals surface area contributed by atoms with Crippen molar-refractivity contribution in [1.29, 1.82) is 0 Å². The molecule has 1 aromatic carbocycles. The van der Waals surface area contributed by atoms with Crippen LogP contribution in [-0.2, 0) is 17.8 Å². The molecule has 0 saturated heterocycles. The molecule has 0 aromatic heterocycles. The zero-order chi connectivity index (χ0) is 11.8. The molecule has 0 unspecified atom stereocenters. The number of rotatable bonds is 7. The molecule has 90 valence electrons. The van der Waals surface area contributed by atoms with E-state index in [9.17, 15) is 0 Å². The highest BCUT2D eigenvalue weighted by molar-refractivity contribution is 6.31. The predicted octanol–water partition coefficient (Wildman–Crippen LogP) is 2.31. The van der Waals surface area contributed by atoms with Crippen molar-refractivity contribution in [1.82, 2.24) is 5.48 Å². The Morgan fingerprint density at radius 1 is 1.44 bits per heavy atom. The highest BCUT2D eigenvalue weighted by Gasteiger charge is 2.01. The van der Waals surface area contributed by atoms with Gasteiger partial charge in [0.2, 0.25) is 0 Å². The van der Waals surface area contributed by atoms with Gasteiger partial charge in [0.1, 0.15) is 0 Å². The minimum absolute atomic E-state index is 0.0101. The number of benzene rings is 1. The Kier molecular flexibility index (Phi) is 6.42. The smallest absolute Gasteiger partial charge is 0.0913 e. The van der Waals surface area contributed by atoms with Gasteiger partial charge in [-0.05, 0) is 23.6 Å². The lowest BCUT2D eigenvalue weighted by atomic mass is 10.1. The van der Waals surface area contributed by atoms with Crippen LogP contribution in [0.1, 0.15) is 24.5 Å². The molecular formula is C12H18ClNO2. The van der Waals surface area contributed by atoms with Gasteiger partial charge in [0.25, 0.3) is 0 Å². The van der Waals surface area contributed by atoms with Crippen LogP contribution in [0.3, 0.4) is 0 Å². The van der Waals surface area contributed by atoms with Crippen molar-refractivity contribution in [2.24, 2.45) is 0 Å². The number of aliphatic hydroxyl groups is 1. The molecule has 0 radical (unpaired) electrons. The standard InChI is InChI=1S/C12H18ClNO2/c1-2-3-10-4-5-11(12(13)8-10)9-14-16-7-6-15/h4-5,8,14-15H,2-3,6-7,9H2,1H3. The molecule has 0 amide bonds. The Labute approximate surface area is 101 Å². The van der Waals surface area contributed by atoms with Gasteiger partial charge < -0.3 is 5.11 Å². The quantitative estimate of drug-likeness (QED) is 0.571. The summed E-state index contributed by atoms with van der Waals surface area (Å²) in [6.45, 7) is 2.99. The fourth-order valence-corrected chi connectivity index (χ4v) is 1.69. The summed E-state index contributed by atoms with van der Waals surface area (Å²) >= 11 is 6.13. The summed E-state index contributed by atoms with van der Waals surface area (Å²) < 4.78 is 0. The first-order valence-corrected chi connectivity index (χ1v) is 5.88. The molecular weight excluding hydrogens is 226 g/mol. The van der Waals surface area contributed by atoms with Crippen LogP contribution in [0.25, 0.3) is 0 Å². The predicted molar refractivity (Wildman–Crippen MR) is 65.3 cm³/mol. The van der Waals surface area contributed by atoms with Crippen LogP contribution in [-0.4, -0.2) is 18.3 Å². The Bertz CT molecular complexity index is 318. The molecule has 2 N–H and O–H groups in total. The average Bonchev–Trinajstić information content (AvgIpc) is 2.27. The molecule has 3 nitrogen and oxygen atoms in total. The molecule has 0 heterocycles. The van der Waals surface area contributed by atoms with Crippen LogP contribution in [0.2, 0.25) is 5.02 Å². The minimum atomic E-state index is 0.0101. The normalized spacial score (nSPS) is 10.7. The van der Waals surface area contributed by atoms with E-state index < -0.39 is 0 Å². The topological polar surface area (TPSA) is 41.5 Å². The first kappa shape index (κ1) is 13.5. The highest BCUT2D eigenvalue weighted by Crippen LogP contribution is 2.18. The van der Waals surface area contributed by atoms with Crippen molar-refractivity contribution in [3.63, 3.8) is 0 Å². The molecule has 1 rings (SSSR count). The minimum Gasteiger partial charge on any atom is -0.394 e. The number of hydroxylamine groups is 1. The number of halogens is 1. The summed E-state index contributed by atoms with van der Waals surface area (Å²) in [5.41, 5.74) is 5.01. The Balaban J connectivity index is 2.47. The maximum Gasteiger partial charge on any atom is 0.0913 e. The van der Waals surface area contributed by atoms with Crippen molar-refractivity contribution in [3.8, 4) is 0 Å². The van der Waals surface area contributed by atoms with E-state index >= 15 is 0 Å². The van der Waals surface area contributed by atoms with Crippen molar-refractivity contribution in [3.05, 3.63) is 34.3 Å². The second kappa shape index (κ2) is 7.63. The monoisotopic (exact) mass is 243 g/mol. The van der Waals surface area contributed by atoms with Gasteiger partial charge in [-0.3, -0.25) is 4.84 Å². The fourth-order valence-electron chi connectivity index (χ4n) is 1.42. The SMILES string of the molecule is CCCc1ccc(CNOCCO)c(Cl)c1. The third-order valence-corrected chi connectivity index (χ3v) is 2.57.